The van der Waals surface area contributed by atoms with Gasteiger partial charge in [-0.05, 0) is 24.5 Å². The van der Waals surface area contributed by atoms with Crippen LogP contribution in [-0.4, -0.2) is 34.7 Å². The highest BCUT2D eigenvalue weighted by Crippen LogP contribution is 1.97. The number of rotatable bonds is 7. The lowest BCUT2D eigenvalue weighted by Gasteiger charge is -2.14. The number of carboxylic acid groups (broad SMARTS) is 1. The fraction of sp³-hybridized carbons (Fsp3) is 0.462. The molecule has 1 aromatic heterocycles. The summed E-state index contributed by atoms with van der Waals surface area (Å²) in [5.41, 5.74) is 1.02. The molecule has 0 radical (unpaired) electrons. The number of hydrogen-bond donors (Lipinski definition) is 3. The van der Waals surface area contributed by atoms with E-state index in [0.29, 0.717) is 25.8 Å². The number of carbonyl (C=O) groups excluding carboxylic acids is 1. The molecule has 104 valence electrons. The molecule has 0 saturated carbocycles. The van der Waals surface area contributed by atoms with Crippen LogP contribution in [0, 0.1) is 0 Å². The van der Waals surface area contributed by atoms with Crippen molar-refractivity contribution in [1.29, 1.82) is 0 Å². The van der Waals surface area contributed by atoms with Gasteiger partial charge in [0.1, 0.15) is 6.04 Å². The molecule has 6 heteroatoms. The van der Waals surface area contributed by atoms with Gasteiger partial charge in [0.2, 0.25) is 0 Å². The summed E-state index contributed by atoms with van der Waals surface area (Å²) < 4.78 is 0. The Morgan fingerprint density at radius 1 is 1.47 bits per heavy atom. The van der Waals surface area contributed by atoms with Crippen LogP contribution in [0.5, 0.6) is 0 Å². The quantitative estimate of drug-likeness (QED) is 0.690. The summed E-state index contributed by atoms with van der Waals surface area (Å²) in [7, 11) is 0. The second-order valence-electron chi connectivity index (χ2n) is 4.19. The molecule has 6 nitrogen and oxygen atoms in total. The molecule has 0 bridgehead atoms. The lowest BCUT2D eigenvalue weighted by atomic mass is 10.2. The molecule has 1 atom stereocenters. The van der Waals surface area contributed by atoms with Gasteiger partial charge in [-0.3, -0.25) is 4.98 Å². The van der Waals surface area contributed by atoms with Crippen LogP contribution < -0.4 is 10.6 Å². The van der Waals surface area contributed by atoms with Crippen molar-refractivity contribution in [3.63, 3.8) is 0 Å². The highest BCUT2D eigenvalue weighted by atomic mass is 16.4. The molecule has 3 N–H and O–H groups in total. The minimum Gasteiger partial charge on any atom is -0.480 e. The van der Waals surface area contributed by atoms with E-state index in [-0.39, 0.29) is 0 Å². The lowest BCUT2D eigenvalue weighted by molar-refractivity contribution is -0.139. The Morgan fingerprint density at radius 2 is 2.26 bits per heavy atom. The average molecular weight is 265 g/mol. The smallest absolute Gasteiger partial charge is 0.326 e. The number of hydrogen-bond acceptors (Lipinski definition) is 3. The topological polar surface area (TPSA) is 91.3 Å². The van der Waals surface area contributed by atoms with E-state index in [1.54, 1.807) is 12.4 Å². The number of amides is 2. The Labute approximate surface area is 112 Å². The minimum atomic E-state index is -1.01. The van der Waals surface area contributed by atoms with Gasteiger partial charge < -0.3 is 15.7 Å². The van der Waals surface area contributed by atoms with Gasteiger partial charge in [0.05, 0.1) is 0 Å². The zero-order valence-corrected chi connectivity index (χ0v) is 10.9. The van der Waals surface area contributed by atoms with Crippen LogP contribution in [-0.2, 0) is 11.2 Å². The van der Waals surface area contributed by atoms with Crippen molar-refractivity contribution >= 4 is 12.0 Å². The molecule has 1 heterocycles. The van der Waals surface area contributed by atoms with Gasteiger partial charge >= 0.3 is 12.0 Å². The summed E-state index contributed by atoms with van der Waals surface area (Å²) in [6.07, 6.45) is 5.20. The number of pyridine rings is 1. The third-order valence-electron chi connectivity index (χ3n) is 2.60. The molecule has 0 aliphatic rings. The Bertz CT molecular complexity index is 409. The third-order valence-corrected chi connectivity index (χ3v) is 2.60. The maximum Gasteiger partial charge on any atom is 0.326 e. The van der Waals surface area contributed by atoms with Crippen molar-refractivity contribution in [2.45, 2.75) is 32.2 Å². The van der Waals surface area contributed by atoms with E-state index in [9.17, 15) is 9.59 Å². The normalized spacial score (nSPS) is 11.6. The first-order valence-electron chi connectivity index (χ1n) is 6.29. The van der Waals surface area contributed by atoms with Gasteiger partial charge in [-0.25, -0.2) is 9.59 Å². The first kappa shape index (κ1) is 14.9. The second-order valence-corrected chi connectivity index (χ2v) is 4.19. The molecular weight excluding hydrogens is 246 g/mol. The van der Waals surface area contributed by atoms with Gasteiger partial charge in [-0.1, -0.05) is 19.4 Å². The van der Waals surface area contributed by atoms with Crippen LogP contribution in [0.3, 0.4) is 0 Å². The number of aromatic nitrogens is 1. The maximum atomic E-state index is 11.5. The molecule has 2 amide bonds. The molecule has 1 aromatic rings. The Balaban J connectivity index is 2.29. The summed E-state index contributed by atoms with van der Waals surface area (Å²) in [5.74, 6) is -1.01. The second kappa shape index (κ2) is 8.07. The van der Waals surface area contributed by atoms with Crippen LogP contribution in [0.1, 0.15) is 25.3 Å². The molecule has 0 aliphatic heterocycles. The van der Waals surface area contributed by atoms with Gasteiger partial charge in [0.15, 0.2) is 0 Å². The number of urea groups is 1. The number of nitrogens with zero attached hydrogens (tertiary/aromatic N) is 1. The Hall–Kier alpha value is -2.11. The summed E-state index contributed by atoms with van der Waals surface area (Å²) >= 11 is 0. The van der Waals surface area contributed by atoms with Gasteiger partial charge in [-0.15, -0.1) is 0 Å². The lowest BCUT2D eigenvalue weighted by Crippen LogP contribution is -2.46. The number of carbonyl (C=O) groups is 2. The number of carboxylic acids is 1. The number of nitrogens with one attached hydrogen (secondary N) is 2. The predicted octanol–water partition coefficient (Wildman–Crippen LogP) is 1.18. The van der Waals surface area contributed by atoms with E-state index in [2.05, 4.69) is 15.6 Å². The van der Waals surface area contributed by atoms with E-state index < -0.39 is 18.0 Å². The Kier molecular flexibility index (Phi) is 6.35. The first-order valence-corrected chi connectivity index (χ1v) is 6.29. The predicted molar refractivity (Wildman–Crippen MR) is 70.8 cm³/mol. The highest BCUT2D eigenvalue weighted by Gasteiger charge is 2.18. The van der Waals surface area contributed by atoms with Crippen molar-refractivity contribution in [2.75, 3.05) is 6.54 Å². The van der Waals surface area contributed by atoms with Crippen LogP contribution in [0.4, 0.5) is 4.79 Å². The van der Waals surface area contributed by atoms with E-state index in [1.165, 1.54) is 0 Å². The summed E-state index contributed by atoms with van der Waals surface area (Å²) in [6.45, 7) is 2.31. The van der Waals surface area contributed by atoms with Crippen molar-refractivity contribution in [3.05, 3.63) is 30.1 Å². The van der Waals surface area contributed by atoms with Crippen molar-refractivity contribution in [2.24, 2.45) is 0 Å². The summed E-state index contributed by atoms with van der Waals surface area (Å²) in [6, 6.07) is 2.47. The van der Waals surface area contributed by atoms with Crippen molar-refractivity contribution in [3.8, 4) is 0 Å². The zero-order chi connectivity index (χ0) is 14.1. The molecule has 1 rings (SSSR count). The zero-order valence-electron chi connectivity index (χ0n) is 10.9. The largest absolute Gasteiger partial charge is 0.480 e. The molecule has 0 fully saturated rings. The van der Waals surface area contributed by atoms with E-state index in [1.807, 2.05) is 19.1 Å². The minimum absolute atomic E-state index is 0.422. The molecule has 0 saturated heterocycles. The monoisotopic (exact) mass is 265 g/mol. The van der Waals surface area contributed by atoms with Crippen LogP contribution in [0.25, 0.3) is 0 Å². The molecule has 0 spiro atoms. The number of aliphatic carboxylic acids is 1. The summed E-state index contributed by atoms with van der Waals surface area (Å²) in [5, 5.41) is 14.0. The van der Waals surface area contributed by atoms with E-state index >= 15 is 0 Å². The van der Waals surface area contributed by atoms with Gasteiger partial charge in [-0.2, -0.15) is 0 Å². The van der Waals surface area contributed by atoms with Crippen LogP contribution in [0.2, 0.25) is 0 Å². The fourth-order valence-electron chi connectivity index (χ4n) is 1.62. The third kappa shape index (κ3) is 5.85. The SMILES string of the molecule is CCCC(NC(=O)NCCc1cccnc1)C(=O)O. The van der Waals surface area contributed by atoms with E-state index in [0.717, 1.165) is 5.56 Å². The molecule has 0 aliphatic carbocycles. The molecular formula is C13H19N3O3. The van der Waals surface area contributed by atoms with Crippen molar-refractivity contribution < 1.29 is 14.7 Å². The molecule has 19 heavy (non-hydrogen) atoms. The van der Waals surface area contributed by atoms with Crippen LogP contribution in [0.15, 0.2) is 24.5 Å². The first-order chi connectivity index (χ1) is 9.13. The average Bonchev–Trinajstić information content (AvgIpc) is 2.39. The standard InChI is InChI=1S/C13H19N3O3/c1-2-4-11(12(17)18)16-13(19)15-8-6-10-5-3-7-14-9-10/h3,5,7,9,11H,2,4,6,8H2,1H3,(H,17,18)(H2,15,16,19). The van der Waals surface area contributed by atoms with Gasteiger partial charge in [0, 0.05) is 18.9 Å². The highest BCUT2D eigenvalue weighted by molar-refractivity contribution is 5.82. The molecule has 1 unspecified atom stereocenters. The maximum absolute atomic E-state index is 11.5. The van der Waals surface area contributed by atoms with Crippen LogP contribution >= 0.6 is 0 Å². The van der Waals surface area contributed by atoms with Crippen molar-refractivity contribution in [1.82, 2.24) is 15.6 Å². The molecule has 0 aromatic carbocycles. The van der Waals surface area contributed by atoms with Gasteiger partial charge in [0.25, 0.3) is 0 Å². The van der Waals surface area contributed by atoms with E-state index in [4.69, 9.17) is 5.11 Å². The fourth-order valence-corrected chi connectivity index (χ4v) is 1.62. The Morgan fingerprint density at radius 3 is 2.84 bits per heavy atom. The summed E-state index contributed by atoms with van der Waals surface area (Å²) in [4.78, 5) is 26.4.